The normalized spacial score (nSPS) is 32.0. The number of amides is 1. The van der Waals surface area contributed by atoms with Gasteiger partial charge in [0.1, 0.15) is 0 Å². The lowest BCUT2D eigenvalue weighted by molar-refractivity contribution is -0.136. The number of carbonyl (C=O) groups is 1. The number of rotatable bonds is 4. The van der Waals surface area contributed by atoms with Crippen LogP contribution in [0.4, 0.5) is 0 Å². The van der Waals surface area contributed by atoms with Crippen LogP contribution in [-0.4, -0.2) is 60.5 Å². The van der Waals surface area contributed by atoms with Crippen molar-refractivity contribution in [3.63, 3.8) is 0 Å². The predicted molar refractivity (Wildman–Crippen MR) is 85.2 cm³/mol. The highest BCUT2D eigenvalue weighted by molar-refractivity contribution is 5.82. The molecule has 21 heavy (non-hydrogen) atoms. The third-order valence-corrected chi connectivity index (χ3v) is 5.65. The van der Waals surface area contributed by atoms with Crippen molar-refractivity contribution in [3.05, 3.63) is 0 Å². The molecule has 3 rings (SSSR count). The van der Waals surface area contributed by atoms with Gasteiger partial charge < -0.3 is 10.2 Å². The molecule has 120 valence electrons. The van der Waals surface area contributed by atoms with Gasteiger partial charge in [-0.05, 0) is 64.1 Å². The lowest BCUT2D eigenvalue weighted by Crippen LogP contribution is -2.51. The highest BCUT2D eigenvalue weighted by Crippen LogP contribution is 2.28. The Morgan fingerprint density at radius 1 is 1.14 bits per heavy atom. The molecule has 3 heterocycles. The minimum absolute atomic E-state index is 0.188. The molecule has 3 aliphatic heterocycles. The molecule has 3 saturated heterocycles. The largest absolute Gasteiger partial charge is 0.341 e. The first-order chi connectivity index (χ1) is 10.3. The molecular weight excluding hydrogens is 262 g/mol. The molecule has 0 saturated carbocycles. The summed E-state index contributed by atoms with van der Waals surface area (Å²) in [6, 6.07) is 0.824. The summed E-state index contributed by atoms with van der Waals surface area (Å²) >= 11 is 0. The molecule has 1 amide bonds. The van der Waals surface area contributed by atoms with Crippen molar-refractivity contribution in [1.29, 1.82) is 0 Å². The van der Waals surface area contributed by atoms with Gasteiger partial charge in [0.2, 0.25) is 5.91 Å². The number of nitrogens with one attached hydrogen (secondary N) is 1. The average Bonchev–Trinajstić information content (AvgIpc) is 3.17. The van der Waals surface area contributed by atoms with Gasteiger partial charge in [-0.3, -0.25) is 9.69 Å². The van der Waals surface area contributed by atoms with E-state index in [0.717, 1.165) is 45.1 Å². The van der Waals surface area contributed by atoms with Gasteiger partial charge in [-0.2, -0.15) is 0 Å². The second kappa shape index (κ2) is 7.10. The zero-order valence-electron chi connectivity index (χ0n) is 13.5. The molecule has 2 unspecified atom stereocenters. The summed E-state index contributed by atoms with van der Waals surface area (Å²) in [7, 11) is 0. The molecule has 0 aromatic heterocycles. The molecule has 0 aliphatic carbocycles. The van der Waals surface area contributed by atoms with E-state index in [0.29, 0.717) is 11.9 Å². The maximum atomic E-state index is 12.9. The monoisotopic (exact) mass is 293 g/mol. The van der Waals surface area contributed by atoms with Crippen LogP contribution in [0.5, 0.6) is 0 Å². The van der Waals surface area contributed by atoms with Crippen LogP contribution in [0.15, 0.2) is 0 Å². The predicted octanol–water partition coefficient (Wildman–Crippen LogP) is 1.85. The topological polar surface area (TPSA) is 35.6 Å². The Labute approximate surface area is 129 Å². The van der Waals surface area contributed by atoms with Crippen molar-refractivity contribution in [2.45, 2.75) is 64.0 Å². The molecule has 2 atom stereocenters. The van der Waals surface area contributed by atoms with E-state index in [1.807, 2.05) is 0 Å². The number of hydrogen-bond acceptors (Lipinski definition) is 3. The lowest BCUT2D eigenvalue weighted by atomic mass is 10.0. The zero-order chi connectivity index (χ0) is 14.7. The molecule has 0 aromatic rings. The van der Waals surface area contributed by atoms with Crippen LogP contribution >= 0.6 is 0 Å². The fourth-order valence-corrected chi connectivity index (χ4v) is 4.52. The average molecular weight is 293 g/mol. The van der Waals surface area contributed by atoms with E-state index in [2.05, 4.69) is 22.0 Å². The summed E-state index contributed by atoms with van der Waals surface area (Å²) in [4.78, 5) is 17.6. The van der Waals surface area contributed by atoms with Crippen molar-refractivity contribution in [1.82, 2.24) is 15.1 Å². The van der Waals surface area contributed by atoms with Gasteiger partial charge in [0.15, 0.2) is 0 Å². The second-order valence-corrected chi connectivity index (χ2v) is 7.10. The van der Waals surface area contributed by atoms with Gasteiger partial charge in [0.05, 0.1) is 6.04 Å². The van der Waals surface area contributed by atoms with Crippen LogP contribution in [0, 0.1) is 5.92 Å². The Hall–Kier alpha value is -0.610. The highest BCUT2D eigenvalue weighted by Gasteiger charge is 2.39. The SMILES string of the molecule is CCCC1CCN(C(=O)C2CCCN2C2CCNCC2)C1. The van der Waals surface area contributed by atoms with Gasteiger partial charge in [0.25, 0.3) is 0 Å². The summed E-state index contributed by atoms with van der Waals surface area (Å²) in [5.41, 5.74) is 0. The first-order valence-corrected chi connectivity index (χ1v) is 9.05. The van der Waals surface area contributed by atoms with Crippen LogP contribution in [0.1, 0.15) is 51.9 Å². The van der Waals surface area contributed by atoms with Crippen LogP contribution in [0.3, 0.4) is 0 Å². The molecule has 3 aliphatic rings. The van der Waals surface area contributed by atoms with Crippen molar-refractivity contribution < 1.29 is 4.79 Å². The lowest BCUT2D eigenvalue weighted by Gasteiger charge is -2.36. The van der Waals surface area contributed by atoms with Gasteiger partial charge in [-0.15, -0.1) is 0 Å². The van der Waals surface area contributed by atoms with Crippen LogP contribution in [-0.2, 0) is 4.79 Å². The standard InChI is InChI=1S/C17H31N3O/c1-2-4-14-8-12-19(13-14)17(21)16-5-3-11-20(16)15-6-9-18-10-7-15/h14-16,18H,2-13H2,1H3. The summed E-state index contributed by atoms with van der Waals surface area (Å²) in [5, 5.41) is 3.44. The molecule has 0 bridgehead atoms. The maximum absolute atomic E-state index is 12.9. The minimum atomic E-state index is 0.188. The Morgan fingerprint density at radius 3 is 2.71 bits per heavy atom. The van der Waals surface area contributed by atoms with E-state index in [9.17, 15) is 4.79 Å². The van der Waals surface area contributed by atoms with E-state index < -0.39 is 0 Å². The van der Waals surface area contributed by atoms with E-state index in [4.69, 9.17) is 0 Å². The fourth-order valence-electron chi connectivity index (χ4n) is 4.52. The third-order valence-electron chi connectivity index (χ3n) is 5.65. The van der Waals surface area contributed by atoms with Crippen LogP contribution in [0.2, 0.25) is 0 Å². The summed E-state index contributed by atoms with van der Waals surface area (Å²) in [6.07, 6.45) is 8.46. The van der Waals surface area contributed by atoms with Crippen LogP contribution < -0.4 is 5.32 Å². The number of hydrogen-bond donors (Lipinski definition) is 1. The van der Waals surface area contributed by atoms with Crippen molar-refractivity contribution in [2.24, 2.45) is 5.92 Å². The highest BCUT2D eigenvalue weighted by atomic mass is 16.2. The van der Waals surface area contributed by atoms with E-state index in [1.54, 1.807) is 0 Å². The number of piperidine rings is 1. The quantitative estimate of drug-likeness (QED) is 0.859. The molecule has 0 aromatic carbocycles. The molecule has 4 heteroatoms. The molecule has 0 radical (unpaired) electrons. The van der Waals surface area contributed by atoms with Gasteiger partial charge in [-0.25, -0.2) is 0 Å². The number of carbonyl (C=O) groups excluding carboxylic acids is 1. The summed E-state index contributed by atoms with van der Waals surface area (Å²) < 4.78 is 0. The molecule has 3 fully saturated rings. The van der Waals surface area contributed by atoms with E-state index in [1.165, 1.54) is 38.5 Å². The Morgan fingerprint density at radius 2 is 1.95 bits per heavy atom. The smallest absolute Gasteiger partial charge is 0.239 e. The first-order valence-electron chi connectivity index (χ1n) is 9.05. The minimum Gasteiger partial charge on any atom is -0.341 e. The van der Waals surface area contributed by atoms with E-state index in [-0.39, 0.29) is 6.04 Å². The third kappa shape index (κ3) is 3.42. The Bertz CT molecular complexity index is 354. The molecular formula is C17H31N3O. The number of nitrogens with zero attached hydrogens (tertiary/aromatic N) is 2. The maximum Gasteiger partial charge on any atom is 0.239 e. The Balaban J connectivity index is 1.58. The van der Waals surface area contributed by atoms with Crippen molar-refractivity contribution in [3.8, 4) is 0 Å². The summed E-state index contributed by atoms with van der Waals surface area (Å²) in [6.45, 7) is 7.63. The van der Waals surface area contributed by atoms with Crippen molar-refractivity contribution in [2.75, 3.05) is 32.7 Å². The van der Waals surface area contributed by atoms with Gasteiger partial charge in [-0.1, -0.05) is 13.3 Å². The molecule has 0 spiro atoms. The Kier molecular flexibility index (Phi) is 5.17. The molecule has 4 nitrogen and oxygen atoms in total. The fraction of sp³-hybridized carbons (Fsp3) is 0.941. The summed E-state index contributed by atoms with van der Waals surface area (Å²) in [5.74, 6) is 1.19. The van der Waals surface area contributed by atoms with Crippen molar-refractivity contribution >= 4 is 5.91 Å². The zero-order valence-corrected chi connectivity index (χ0v) is 13.5. The van der Waals surface area contributed by atoms with E-state index >= 15 is 0 Å². The second-order valence-electron chi connectivity index (χ2n) is 7.10. The van der Waals surface area contributed by atoms with Gasteiger partial charge >= 0.3 is 0 Å². The number of likely N-dealkylation sites (tertiary alicyclic amines) is 2. The first kappa shape index (κ1) is 15.3. The van der Waals surface area contributed by atoms with Crippen LogP contribution in [0.25, 0.3) is 0 Å². The van der Waals surface area contributed by atoms with Gasteiger partial charge in [0, 0.05) is 19.1 Å². The molecule has 1 N–H and O–H groups in total.